The zero-order chi connectivity index (χ0) is 21.7. The van der Waals surface area contributed by atoms with Crippen molar-refractivity contribution in [1.82, 2.24) is 34.6 Å². The van der Waals surface area contributed by atoms with Crippen molar-refractivity contribution in [3.8, 4) is 0 Å². The van der Waals surface area contributed by atoms with Crippen molar-refractivity contribution in [2.24, 2.45) is 0 Å². The number of aromatic nitrogens is 6. The van der Waals surface area contributed by atoms with Crippen LogP contribution in [0, 0.1) is 0 Å². The molecule has 0 unspecified atom stereocenters. The molecule has 0 spiro atoms. The third-order valence-corrected chi connectivity index (χ3v) is 4.45. The molecule has 3 heterocycles. The fourth-order valence-corrected chi connectivity index (χ4v) is 2.80. The maximum atomic E-state index is 11.8. The molecule has 0 aliphatic heterocycles. The molecule has 1 N–H and O–H groups in total. The highest BCUT2D eigenvalue weighted by Gasteiger charge is 2.21. The highest BCUT2D eigenvalue weighted by molar-refractivity contribution is 5.90. The molecule has 3 aromatic heterocycles. The second kappa shape index (κ2) is 9.44. The maximum absolute atomic E-state index is 11.8. The van der Waals surface area contributed by atoms with Gasteiger partial charge in [0.05, 0.1) is 19.7 Å². The normalized spacial score (nSPS) is 11.0. The standard InChI is InChI=1S/C19H27N9O2/c1-6-30-10-9-28-17-16(14(25-28)11-27(5)13(2)29)23-19(26(3)4)24-18(17)22-15-7-8-20-12-21-15/h7-8,12H,6,9-11H2,1-5H3,(H,20,21,22,23,24). The van der Waals surface area contributed by atoms with E-state index in [9.17, 15) is 4.79 Å². The number of anilines is 3. The molecule has 30 heavy (non-hydrogen) atoms. The molecular formula is C19H27N9O2. The molecule has 0 saturated heterocycles. The van der Waals surface area contributed by atoms with Crippen LogP contribution in [0.5, 0.6) is 0 Å². The van der Waals surface area contributed by atoms with Crippen molar-refractivity contribution in [1.29, 1.82) is 0 Å². The molecule has 3 aromatic rings. The number of hydrogen-bond acceptors (Lipinski definition) is 9. The first-order chi connectivity index (χ1) is 14.4. The Labute approximate surface area is 175 Å². The van der Waals surface area contributed by atoms with Crippen LogP contribution in [-0.4, -0.2) is 74.9 Å². The Kier molecular flexibility index (Phi) is 6.72. The van der Waals surface area contributed by atoms with Crippen LogP contribution < -0.4 is 10.2 Å². The van der Waals surface area contributed by atoms with Crippen molar-refractivity contribution in [3.05, 3.63) is 24.3 Å². The van der Waals surface area contributed by atoms with E-state index in [2.05, 4.69) is 20.3 Å². The summed E-state index contributed by atoms with van der Waals surface area (Å²) >= 11 is 0. The zero-order valence-corrected chi connectivity index (χ0v) is 18.0. The summed E-state index contributed by atoms with van der Waals surface area (Å²) in [5.41, 5.74) is 2.09. The molecular weight excluding hydrogens is 386 g/mol. The zero-order valence-electron chi connectivity index (χ0n) is 18.0. The van der Waals surface area contributed by atoms with Gasteiger partial charge in [-0.1, -0.05) is 0 Å². The average Bonchev–Trinajstić information content (AvgIpc) is 3.06. The van der Waals surface area contributed by atoms with Crippen LogP contribution in [0.2, 0.25) is 0 Å². The lowest BCUT2D eigenvalue weighted by molar-refractivity contribution is -0.128. The van der Waals surface area contributed by atoms with E-state index in [1.54, 1.807) is 24.2 Å². The van der Waals surface area contributed by atoms with Crippen molar-refractivity contribution in [2.75, 3.05) is 44.6 Å². The van der Waals surface area contributed by atoms with Crippen LogP contribution in [-0.2, 0) is 22.6 Å². The predicted octanol–water partition coefficient (Wildman–Crippen LogP) is 1.44. The van der Waals surface area contributed by atoms with Crippen LogP contribution >= 0.6 is 0 Å². The molecule has 11 heteroatoms. The number of fused-ring (bicyclic) bond motifs is 1. The van der Waals surface area contributed by atoms with Crippen molar-refractivity contribution in [2.45, 2.75) is 26.9 Å². The minimum Gasteiger partial charge on any atom is -0.380 e. The van der Waals surface area contributed by atoms with Gasteiger partial charge in [0.25, 0.3) is 0 Å². The van der Waals surface area contributed by atoms with E-state index in [0.29, 0.717) is 55.1 Å². The first kappa shape index (κ1) is 21.4. The number of nitrogens with one attached hydrogen (secondary N) is 1. The predicted molar refractivity (Wildman–Crippen MR) is 114 cm³/mol. The number of rotatable bonds is 9. The van der Waals surface area contributed by atoms with Crippen LogP contribution in [0.15, 0.2) is 18.6 Å². The molecule has 11 nitrogen and oxygen atoms in total. The second-order valence-corrected chi connectivity index (χ2v) is 6.93. The van der Waals surface area contributed by atoms with Crippen LogP contribution in [0.1, 0.15) is 19.5 Å². The smallest absolute Gasteiger partial charge is 0.227 e. The van der Waals surface area contributed by atoms with E-state index in [0.717, 1.165) is 5.52 Å². The Morgan fingerprint density at radius 2 is 2.07 bits per heavy atom. The van der Waals surface area contributed by atoms with Gasteiger partial charge in [0, 0.05) is 40.9 Å². The Morgan fingerprint density at radius 1 is 1.27 bits per heavy atom. The van der Waals surface area contributed by atoms with Crippen molar-refractivity contribution in [3.63, 3.8) is 0 Å². The van der Waals surface area contributed by atoms with E-state index in [4.69, 9.17) is 14.8 Å². The quantitative estimate of drug-likeness (QED) is 0.520. The van der Waals surface area contributed by atoms with Gasteiger partial charge in [0.1, 0.15) is 28.9 Å². The number of carbonyl (C=O) groups is 1. The number of nitrogens with zero attached hydrogens (tertiary/aromatic N) is 8. The van der Waals surface area contributed by atoms with Gasteiger partial charge in [0.15, 0.2) is 5.82 Å². The highest BCUT2D eigenvalue weighted by Crippen LogP contribution is 2.28. The summed E-state index contributed by atoms with van der Waals surface area (Å²) in [6, 6.07) is 1.76. The first-order valence-electron chi connectivity index (χ1n) is 9.68. The summed E-state index contributed by atoms with van der Waals surface area (Å²) in [6.45, 7) is 5.45. The molecule has 0 aliphatic carbocycles. The summed E-state index contributed by atoms with van der Waals surface area (Å²) < 4.78 is 7.34. The van der Waals surface area contributed by atoms with E-state index in [1.165, 1.54) is 13.3 Å². The van der Waals surface area contributed by atoms with Crippen molar-refractivity contribution >= 4 is 34.5 Å². The van der Waals surface area contributed by atoms with Gasteiger partial charge in [-0.3, -0.25) is 9.48 Å². The molecule has 1 amide bonds. The largest absolute Gasteiger partial charge is 0.380 e. The third kappa shape index (κ3) is 4.79. The molecule has 0 radical (unpaired) electrons. The average molecular weight is 413 g/mol. The maximum Gasteiger partial charge on any atom is 0.227 e. The van der Waals surface area contributed by atoms with E-state index in [-0.39, 0.29) is 5.91 Å². The molecule has 0 fully saturated rings. The Bertz CT molecular complexity index is 1000. The topological polar surface area (TPSA) is 114 Å². The fraction of sp³-hybridized carbons (Fsp3) is 0.474. The summed E-state index contributed by atoms with van der Waals surface area (Å²) in [4.78, 5) is 32.8. The van der Waals surface area contributed by atoms with E-state index < -0.39 is 0 Å². The molecule has 0 atom stereocenters. The Balaban J connectivity index is 2.15. The van der Waals surface area contributed by atoms with Crippen molar-refractivity contribution < 1.29 is 9.53 Å². The van der Waals surface area contributed by atoms with Crippen LogP contribution in [0.4, 0.5) is 17.6 Å². The van der Waals surface area contributed by atoms with Gasteiger partial charge in [-0.25, -0.2) is 15.0 Å². The Hall–Kier alpha value is -3.34. The number of hydrogen-bond donors (Lipinski definition) is 1. The summed E-state index contributed by atoms with van der Waals surface area (Å²) in [6.07, 6.45) is 3.12. The SMILES string of the molecule is CCOCCn1nc(CN(C)C(C)=O)c2nc(N(C)C)nc(Nc3ccncn3)c21. The first-order valence-corrected chi connectivity index (χ1v) is 9.68. The van der Waals surface area contributed by atoms with E-state index >= 15 is 0 Å². The fourth-order valence-electron chi connectivity index (χ4n) is 2.80. The Morgan fingerprint density at radius 3 is 2.70 bits per heavy atom. The van der Waals surface area contributed by atoms with Gasteiger partial charge < -0.3 is 19.9 Å². The minimum absolute atomic E-state index is 0.0479. The highest BCUT2D eigenvalue weighted by atomic mass is 16.5. The monoisotopic (exact) mass is 413 g/mol. The van der Waals surface area contributed by atoms with Gasteiger partial charge >= 0.3 is 0 Å². The summed E-state index contributed by atoms with van der Waals surface area (Å²) in [7, 11) is 5.48. The van der Waals surface area contributed by atoms with Gasteiger partial charge in [-0.15, -0.1) is 0 Å². The van der Waals surface area contributed by atoms with E-state index in [1.807, 2.05) is 30.6 Å². The lowest BCUT2D eigenvalue weighted by atomic mass is 10.3. The number of carbonyl (C=O) groups excluding carboxylic acids is 1. The summed E-state index contributed by atoms with van der Waals surface area (Å²) in [5.74, 6) is 1.65. The van der Waals surface area contributed by atoms with Crippen LogP contribution in [0.3, 0.4) is 0 Å². The number of ether oxygens (including phenoxy) is 1. The minimum atomic E-state index is -0.0479. The van der Waals surface area contributed by atoms with Gasteiger partial charge in [-0.2, -0.15) is 10.1 Å². The number of amides is 1. The molecule has 160 valence electrons. The second-order valence-electron chi connectivity index (χ2n) is 6.93. The molecule has 3 rings (SSSR count). The lowest BCUT2D eigenvalue weighted by Crippen LogP contribution is -2.23. The van der Waals surface area contributed by atoms with Crippen LogP contribution in [0.25, 0.3) is 11.0 Å². The third-order valence-electron chi connectivity index (χ3n) is 4.45. The van der Waals surface area contributed by atoms with Gasteiger partial charge in [-0.05, 0) is 13.0 Å². The molecule has 0 aliphatic rings. The molecule has 0 bridgehead atoms. The summed E-state index contributed by atoms with van der Waals surface area (Å²) in [5, 5.41) is 7.99. The lowest BCUT2D eigenvalue weighted by Gasteiger charge is -2.15. The molecule has 0 aromatic carbocycles. The van der Waals surface area contributed by atoms with Gasteiger partial charge in [0.2, 0.25) is 11.9 Å². The molecule has 0 saturated carbocycles.